The Kier molecular flexibility index (Phi) is 6.19. The van der Waals surface area contributed by atoms with Crippen molar-refractivity contribution in [3.63, 3.8) is 0 Å². The molecule has 0 radical (unpaired) electrons. The number of hydrogen-bond acceptors (Lipinski definition) is 4. The van der Waals surface area contributed by atoms with Crippen molar-refractivity contribution in [1.29, 1.82) is 0 Å². The normalized spacial score (nSPS) is 43.0. The maximum Gasteiger partial charge on any atom is 0.302 e. The number of hydrogen-bond donors (Lipinski definition) is 0. The maximum atomic E-state index is 11.5. The van der Waals surface area contributed by atoms with Gasteiger partial charge in [-0.15, -0.1) is 23.5 Å². The van der Waals surface area contributed by atoms with Crippen molar-refractivity contribution in [2.24, 2.45) is 28.6 Å². The quantitative estimate of drug-likeness (QED) is 0.261. The number of fused-ring (bicyclic) bond motifs is 5. The first-order chi connectivity index (χ1) is 13.8. The summed E-state index contributed by atoms with van der Waals surface area (Å²) in [6.07, 6.45) is 12.8. The lowest BCUT2D eigenvalue weighted by Crippen LogP contribution is -2.53. The fourth-order valence-electron chi connectivity index (χ4n) is 7.90. The molecule has 4 heteroatoms. The average Bonchev–Trinajstić information content (AvgIpc) is 2.95. The molecule has 4 rings (SSSR count). The number of ether oxygens (including phenoxy) is 1. The summed E-state index contributed by atoms with van der Waals surface area (Å²) in [5.74, 6) is 4.91. The molecular formula is C25H40O2S2. The molecule has 6 atom stereocenters. The van der Waals surface area contributed by atoms with Crippen LogP contribution in [0, 0.1) is 28.6 Å². The van der Waals surface area contributed by atoms with Crippen LogP contribution in [0.15, 0.2) is 11.6 Å². The summed E-state index contributed by atoms with van der Waals surface area (Å²) in [6.45, 7) is 11.5. The first-order valence-electron chi connectivity index (χ1n) is 11.9. The third kappa shape index (κ3) is 3.43. The SMILES string of the molecule is CCSC1(SCC)CCC2C3CC=C4CC(OC(C)=O)CCC4(C)C3CCC21C. The van der Waals surface area contributed by atoms with Crippen LogP contribution in [-0.2, 0) is 9.53 Å². The Balaban J connectivity index is 1.59. The topological polar surface area (TPSA) is 26.3 Å². The van der Waals surface area contributed by atoms with Crippen LogP contribution >= 0.6 is 23.5 Å². The van der Waals surface area contributed by atoms with Gasteiger partial charge in [0.25, 0.3) is 0 Å². The standard InChI is InChI=1S/C25H40O2S2/c1-6-28-25(29-7-2)15-12-22-20-9-8-18-16-19(27-17(3)26)10-13-23(18,4)21(20)11-14-24(22,25)5/h8,19-22H,6-7,9-16H2,1-5H3. The van der Waals surface area contributed by atoms with Crippen LogP contribution in [0.3, 0.4) is 0 Å². The van der Waals surface area contributed by atoms with E-state index in [2.05, 4.69) is 57.3 Å². The summed E-state index contributed by atoms with van der Waals surface area (Å²) in [5, 5.41) is 0. The van der Waals surface area contributed by atoms with E-state index in [0.717, 1.165) is 30.6 Å². The van der Waals surface area contributed by atoms with E-state index in [1.807, 2.05) is 0 Å². The number of thioether (sulfide) groups is 2. The van der Waals surface area contributed by atoms with Gasteiger partial charge in [-0.25, -0.2) is 0 Å². The zero-order valence-corrected chi connectivity index (χ0v) is 20.7. The Labute approximate surface area is 186 Å². The number of carbonyl (C=O) groups is 1. The van der Waals surface area contributed by atoms with Crippen molar-refractivity contribution in [1.82, 2.24) is 0 Å². The molecular weight excluding hydrogens is 396 g/mol. The Morgan fingerprint density at radius 1 is 1.07 bits per heavy atom. The minimum absolute atomic E-state index is 0.110. The molecule has 0 N–H and O–H groups in total. The minimum atomic E-state index is -0.120. The van der Waals surface area contributed by atoms with E-state index in [1.165, 1.54) is 50.0 Å². The predicted octanol–water partition coefficient (Wildman–Crippen LogP) is 7.08. The second-order valence-electron chi connectivity index (χ2n) is 10.3. The highest BCUT2D eigenvalue weighted by atomic mass is 32.2. The highest BCUT2D eigenvalue weighted by Crippen LogP contribution is 2.72. The molecule has 0 heterocycles. The van der Waals surface area contributed by atoms with Gasteiger partial charge in [-0.05, 0) is 85.0 Å². The first kappa shape index (κ1) is 22.1. The van der Waals surface area contributed by atoms with Crippen LogP contribution in [-0.4, -0.2) is 27.7 Å². The van der Waals surface area contributed by atoms with Gasteiger partial charge in [0.2, 0.25) is 0 Å². The molecule has 164 valence electrons. The van der Waals surface area contributed by atoms with Crippen LogP contribution in [0.5, 0.6) is 0 Å². The summed E-state index contributed by atoms with van der Waals surface area (Å²) in [4.78, 5) is 11.5. The second kappa shape index (κ2) is 8.11. The molecule has 2 nitrogen and oxygen atoms in total. The third-order valence-electron chi connectivity index (χ3n) is 9.19. The summed E-state index contributed by atoms with van der Waals surface area (Å²) in [6, 6.07) is 0. The Hall–Kier alpha value is -0.0900. The lowest BCUT2D eigenvalue weighted by atomic mass is 9.48. The van der Waals surface area contributed by atoms with Gasteiger partial charge in [-0.1, -0.05) is 39.3 Å². The van der Waals surface area contributed by atoms with Gasteiger partial charge in [0.15, 0.2) is 0 Å². The van der Waals surface area contributed by atoms with Gasteiger partial charge in [0, 0.05) is 13.3 Å². The zero-order chi connectivity index (χ0) is 20.9. The number of allylic oxidation sites excluding steroid dienone is 1. The van der Waals surface area contributed by atoms with Gasteiger partial charge < -0.3 is 4.74 Å². The average molecular weight is 437 g/mol. The van der Waals surface area contributed by atoms with E-state index in [0.29, 0.717) is 14.9 Å². The van der Waals surface area contributed by atoms with Crippen molar-refractivity contribution < 1.29 is 9.53 Å². The Morgan fingerprint density at radius 3 is 2.41 bits per heavy atom. The molecule has 0 spiro atoms. The molecule has 4 aliphatic rings. The van der Waals surface area contributed by atoms with Gasteiger partial charge in [0.1, 0.15) is 6.10 Å². The van der Waals surface area contributed by atoms with Crippen molar-refractivity contribution in [2.45, 2.75) is 96.2 Å². The number of carbonyl (C=O) groups excluding carboxylic acids is 1. The molecule has 29 heavy (non-hydrogen) atoms. The highest BCUT2D eigenvalue weighted by Gasteiger charge is 2.64. The maximum absolute atomic E-state index is 11.5. The fraction of sp³-hybridized carbons (Fsp3) is 0.880. The van der Waals surface area contributed by atoms with Crippen LogP contribution in [0.25, 0.3) is 0 Å². The van der Waals surface area contributed by atoms with Crippen LogP contribution in [0.4, 0.5) is 0 Å². The van der Waals surface area contributed by atoms with Crippen LogP contribution < -0.4 is 0 Å². The van der Waals surface area contributed by atoms with E-state index in [9.17, 15) is 4.79 Å². The molecule has 3 saturated carbocycles. The molecule has 4 aliphatic carbocycles. The molecule has 0 aromatic carbocycles. The molecule has 0 saturated heterocycles. The number of rotatable bonds is 5. The summed E-state index contributed by atoms with van der Waals surface area (Å²) in [7, 11) is 0. The second-order valence-corrected chi connectivity index (χ2v) is 13.7. The van der Waals surface area contributed by atoms with Gasteiger partial charge in [-0.3, -0.25) is 4.79 Å². The Morgan fingerprint density at radius 2 is 1.76 bits per heavy atom. The predicted molar refractivity (Wildman–Crippen MR) is 126 cm³/mol. The van der Waals surface area contributed by atoms with E-state index in [-0.39, 0.29) is 12.1 Å². The lowest BCUT2D eigenvalue weighted by Gasteiger charge is -2.59. The Bertz CT molecular complexity index is 668. The summed E-state index contributed by atoms with van der Waals surface area (Å²) in [5.41, 5.74) is 2.42. The van der Waals surface area contributed by atoms with E-state index < -0.39 is 0 Å². The molecule has 0 bridgehead atoms. The van der Waals surface area contributed by atoms with E-state index >= 15 is 0 Å². The molecule has 0 aliphatic heterocycles. The van der Waals surface area contributed by atoms with Gasteiger partial charge >= 0.3 is 5.97 Å². The molecule has 0 aromatic rings. The molecule has 0 amide bonds. The van der Waals surface area contributed by atoms with Crippen LogP contribution in [0.1, 0.15) is 86.0 Å². The van der Waals surface area contributed by atoms with Crippen molar-refractivity contribution in [3.05, 3.63) is 11.6 Å². The first-order valence-corrected chi connectivity index (χ1v) is 13.9. The largest absolute Gasteiger partial charge is 0.462 e. The minimum Gasteiger partial charge on any atom is -0.462 e. The zero-order valence-electron chi connectivity index (χ0n) is 19.1. The third-order valence-corrected chi connectivity index (χ3v) is 12.7. The lowest BCUT2D eigenvalue weighted by molar-refractivity contribution is -0.148. The summed E-state index contributed by atoms with van der Waals surface area (Å²) < 4.78 is 6.04. The van der Waals surface area contributed by atoms with Crippen molar-refractivity contribution in [2.75, 3.05) is 11.5 Å². The van der Waals surface area contributed by atoms with Gasteiger partial charge in [-0.2, -0.15) is 0 Å². The van der Waals surface area contributed by atoms with Crippen LogP contribution in [0.2, 0.25) is 0 Å². The van der Waals surface area contributed by atoms with E-state index in [4.69, 9.17) is 4.74 Å². The molecule has 0 aromatic heterocycles. The highest BCUT2D eigenvalue weighted by molar-refractivity contribution is 8.18. The smallest absolute Gasteiger partial charge is 0.302 e. The van der Waals surface area contributed by atoms with Crippen molar-refractivity contribution >= 4 is 29.5 Å². The van der Waals surface area contributed by atoms with Gasteiger partial charge in [0.05, 0.1) is 4.08 Å². The number of esters is 1. The monoisotopic (exact) mass is 436 g/mol. The fourth-order valence-corrected chi connectivity index (χ4v) is 11.6. The summed E-state index contributed by atoms with van der Waals surface area (Å²) >= 11 is 4.52. The molecule has 3 fully saturated rings. The van der Waals surface area contributed by atoms with E-state index in [1.54, 1.807) is 12.5 Å². The van der Waals surface area contributed by atoms with Crippen molar-refractivity contribution in [3.8, 4) is 0 Å². The molecule has 6 unspecified atom stereocenters.